The zero-order valence-corrected chi connectivity index (χ0v) is 24.0. The Bertz CT molecular complexity index is 1320. The van der Waals surface area contributed by atoms with E-state index in [0.29, 0.717) is 51.6 Å². The zero-order chi connectivity index (χ0) is 26.5. The van der Waals surface area contributed by atoms with Gasteiger partial charge in [-0.15, -0.1) is 5.10 Å². The molecule has 2 heterocycles. The van der Waals surface area contributed by atoms with Crippen LogP contribution in [-0.4, -0.2) is 40.2 Å². The smallest absolute Gasteiger partial charge is 0.338 e. The highest BCUT2D eigenvalue weighted by atomic mass is 79.9. The number of hydrogen-bond acceptors (Lipinski definition) is 8. The van der Waals surface area contributed by atoms with E-state index < -0.39 is 12.0 Å². The number of ether oxygens (including phenoxy) is 3. The number of thioether (sulfide) groups is 1. The minimum atomic E-state index is -0.560. The number of hydrogen-bond donors (Lipinski definition) is 1. The Hall–Kier alpha value is -2.98. The van der Waals surface area contributed by atoms with Crippen LogP contribution in [0.1, 0.15) is 49.9 Å². The van der Waals surface area contributed by atoms with Gasteiger partial charge in [-0.3, -0.25) is 0 Å². The zero-order valence-electron chi connectivity index (χ0n) is 21.6. The second-order valence-corrected chi connectivity index (χ2v) is 10.7. The van der Waals surface area contributed by atoms with Crippen molar-refractivity contribution in [2.45, 2.75) is 51.9 Å². The van der Waals surface area contributed by atoms with Crippen LogP contribution in [0, 0.1) is 6.92 Å². The summed E-state index contributed by atoms with van der Waals surface area (Å²) in [6, 6.07) is 11.4. The number of esters is 1. The maximum atomic E-state index is 13.2. The van der Waals surface area contributed by atoms with Gasteiger partial charge in [-0.25, -0.2) is 9.48 Å². The molecule has 0 spiro atoms. The Morgan fingerprint density at radius 1 is 1.22 bits per heavy atom. The van der Waals surface area contributed by atoms with E-state index >= 15 is 0 Å². The summed E-state index contributed by atoms with van der Waals surface area (Å²) in [6.45, 7) is 8.64. The Balaban J connectivity index is 1.76. The summed E-state index contributed by atoms with van der Waals surface area (Å²) >= 11 is 5.21. The molecule has 1 aliphatic rings. The number of nitrogens with one attached hydrogen (secondary N) is 1. The lowest BCUT2D eigenvalue weighted by atomic mass is 9.95. The highest BCUT2D eigenvalue weighted by Gasteiger charge is 2.36. The number of methoxy groups -OCH3 is 1. The number of nitrogens with zero attached hydrogens (tertiary/aromatic N) is 3. The topological polar surface area (TPSA) is 87.5 Å². The molecule has 3 aromatic rings. The van der Waals surface area contributed by atoms with Gasteiger partial charge >= 0.3 is 5.97 Å². The largest absolute Gasteiger partial charge is 0.493 e. The van der Waals surface area contributed by atoms with Crippen molar-refractivity contribution in [3.8, 4) is 11.5 Å². The van der Waals surface area contributed by atoms with E-state index in [9.17, 15) is 4.79 Å². The van der Waals surface area contributed by atoms with Crippen molar-refractivity contribution in [3.05, 3.63) is 68.8 Å². The van der Waals surface area contributed by atoms with Crippen LogP contribution in [0.25, 0.3) is 0 Å². The third-order valence-corrected chi connectivity index (χ3v) is 7.11. The number of allylic oxidation sites excluding steroid dienone is 1. The fraction of sp³-hybridized carbons (Fsp3) is 0.370. The summed E-state index contributed by atoms with van der Waals surface area (Å²) in [5.74, 6) is 2.13. The van der Waals surface area contributed by atoms with Gasteiger partial charge in [-0.1, -0.05) is 55.4 Å². The van der Waals surface area contributed by atoms with Crippen molar-refractivity contribution < 1.29 is 19.0 Å². The number of aromatic nitrogens is 3. The number of fused-ring (bicyclic) bond motifs is 1. The molecule has 1 unspecified atom stereocenters. The lowest BCUT2D eigenvalue weighted by Gasteiger charge is -2.28. The van der Waals surface area contributed by atoms with E-state index in [-0.39, 0.29) is 0 Å². The Labute approximate surface area is 229 Å². The first-order valence-corrected chi connectivity index (χ1v) is 13.9. The molecular weight excluding hydrogens is 556 g/mol. The number of rotatable bonds is 10. The van der Waals surface area contributed by atoms with E-state index in [1.54, 1.807) is 11.8 Å². The number of benzene rings is 2. The molecule has 8 nitrogen and oxygen atoms in total. The van der Waals surface area contributed by atoms with Gasteiger partial charge in [-0.2, -0.15) is 4.98 Å². The minimum Gasteiger partial charge on any atom is -0.493 e. The second kappa shape index (κ2) is 12.0. The molecular formula is C27H31BrN4O4S. The molecule has 1 aliphatic heterocycles. The molecule has 0 bridgehead atoms. The van der Waals surface area contributed by atoms with Crippen molar-refractivity contribution in [1.29, 1.82) is 0 Å². The predicted octanol–water partition coefficient (Wildman–Crippen LogP) is 6.29. The van der Waals surface area contributed by atoms with Crippen molar-refractivity contribution in [2.75, 3.05) is 24.8 Å². The van der Waals surface area contributed by atoms with Crippen molar-refractivity contribution >= 4 is 39.6 Å². The summed E-state index contributed by atoms with van der Waals surface area (Å²) in [5.41, 5.74) is 4.16. The quantitative estimate of drug-likeness (QED) is 0.219. The SMILES string of the molecule is CCCOC(=O)C1=C(C)Nc2nc(SCC)nn2C1c1cc(Br)c(OCc2cccc(C)c2)c(OC)c1. The third kappa shape index (κ3) is 5.96. The lowest BCUT2D eigenvalue weighted by molar-refractivity contribution is -0.139. The molecule has 37 heavy (non-hydrogen) atoms. The fourth-order valence-electron chi connectivity index (χ4n) is 4.16. The first-order chi connectivity index (χ1) is 17.9. The average molecular weight is 588 g/mol. The van der Waals surface area contributed by atoms with Crippen molar-refractivity contribution in [2.24, 2.45) is 0 Å². The van der Waals surface area contributed by atoms with E-state index in [2.05, 4.69) is 45.3 Å². The van der Waals surface area contributed by atoms with Crippen LogP contribution < -0.4 is 14.8 Å². The second-order valence-electron chi connectivity index (χ2n) is 8.61. The van der Waals surface area contributed by atoms with Crippen molar-refractivity contribution in [3.63, 3.8) is 0 Å². The molecule has 2 aromatic carbocycles. The van der Waals surface area contributed by atoms with Gasteiger partial charge in [0.25, 0.3) is 0 Å². The van der Waals surface area contributed by atoms with Gasteiger partial charge in [-0.05, 0) is 65.2 Å². The summed E-state index contributed by atoms with van der Waals surface area (Å²) < 4.78 is 19.9. The monoisotopic (exact) mass is 586 g/mol. The number of aryl methyl sites for hydroxylation is 1. The van der Waals surface area contributed by atoms with Crippen LogP contribution in [0.3, 0.4) is 0 Å². The van der Waals surface area contributed by atoms with Crippen LogP contribution in [0.2, 0.25) is 0 Å². The van der Waals surface area contributed by atoms with Crippen LogP contribution in [0.4, 0.5) is 5.95 Å². The Kier molecular flexibility index (Phi) is 8.81. The van der Waals surface area contributed by atoms with Crippen LogP contribution in [-0.2, 0) is 16.1 Å². The molecule has 0 amide bonds. The van der Waals surface area contributed by atoms with Gasteiger partial charge in [0.2, 0.25) is 11.1 Å². The molecule has 196 valence electrons. The molecule has 10 heteroatoms. The van der Waals surface area contributed by atoms with E-state index in [4.69, 9.17) is 19.3 Å². The lowest BCUT2D eigenvalue weighted by Crippen LogP contribution is -2.30. The summed E-state index contributed by atoms with van der Waals surface area (Å²) in [6.07, 6.45) is 0.731. The molecule has 4 rings (SSSR count). The van der Waals surface area contributed by atoms with Crippen molar-refractivity contribution in [1.82, 2.24) is 14.8 Å². The normalized spacial score (nSPS) is 14.7. The van der Waals surface area contributed by atoms with Gasteiger partial charge in [0.1, 0.15) is 12.6 Å². The number of carbonyl (C=O) groups excluding carboxylic acids is 1. The standard InChI is InChI=1S/C27H31BrN4O4S/c1-6-11-35-25(33)22-17(4)29-26-30-27(37-7-2)31-32(26)23(22)19-13-20(28)24(21(14-19)34-5)36-15-18-10-8-9-16(3)12-18/h8-10,12-14,23H,6-7,11,15H2,1-5H3,(H,29,30,31). The minimum absolute atomic E-state index is 0.336. The number of carbonyl (C=O) groups is 1. The molecule has 0 radical (unpaired) electrons. The number of anilines is 1. The highest BCUT2D eigenvalue weighted by Crippen LogP contribution is 2.43. The maximum absolute atomic E-state index is 13.2. The van der Waals surface area contributed by atoms with Gasteiger partial charge in [0.15, 0.2) is 11.5 Å². The molecule has 0 saturated carbocycles. The summed E-state index contributed by atoms with van der Waals surface area (Å²) in [4.78, 5) is 17.9. The van der Waals surface area contributed by atoms with Crippen LogP contribution in [0.5, 0.6) is 11.5 Å². The van der Waals surface area contributed by atoms with Gasteiger partial charge < -0.3 is 19.5 Å². The molecule has 0 fully saturated rings. The summed E-state index contributed by atoms with van der Waals surface area (Å²) in [7, 11) is 1.60. The van der Waals surface area contributed by atoms with E-state index in [1.165, 1.54) is 17.3 Å². The predicted molar refractivity (Wildman–Crippen MR) is 148 cm³/mol. The first-order valence-electron chi connectivity index (χ1n) is 12.2. The molecule has 1 aromatic heterocycles. The van der Waals surface area contributed by atoms with Crippen LogP contribution >= 0.6 is 27.7 Å². The van der Waals surface area contributed by atoms with E-state index in [0.717, 1.165) is 23.3 Å². The molecule has 0 aliphatic carbocycles. The van der Waals surface area contributed by atoms with E-state index in [1.807, 2.05) is 45.0 Å². The Morgan fingerprint density at radius 3 is 2.73 bits per heavy atom. The summed E-state index contributed by atoms with van der Waals surface area (Å²) in [5, 5.41) is 8.58. The first kappa shape index (κ1) is 27.1. The number of halogens is 1. The molecule has 1 atom stereocenters. The maximum Gasteiger partial charge on any atom is 0.338 e. The molecule has 1 N–H and O–H groups in total. The average Bonchev–Trinajstić information content (AvgIpc) is 3.27. The molecule has 0 saturated heterocycles. The van der Waals surface area contributed by atoms with Crippen LogP contribution in [0.15, 0.2) is 57.3 Å². The Morgan fingerprint density at radius 2 is 2.03 bits per heavy atom. The van der Waals surface area contributed by atoms with Gasteiger partial charge in [0, 0.05) is 5.70 Å². The third-order valence-electron chi connectivity index (χ3n) is 5.80. The fourth-order valence-corrected chi connectivity index (χ4v) is 5.29. The highest BCUT2D eigenvalue weighted by molar-refractivity contribution is 9.10. The van der Waals surface area contributed by atoms with Gasteiger partial charge in [0.05, 0.1) is 23.8 Å².